The smallest absolute Gasteiger partial charge is 0.235 e. The average Bonchev–Trinajstić information content (AvgIpc) is 3.42. The first kappa shape index (κ1) is 19.5. The molecule has 0 aliphatic heterocycles. The first-order valence-corrected chi connectivity index (χ1v) is 11.0. The summed E-state index contributed by atoms with van der Waals surface area (Å²) in [5.41, 5.74) is 4.84. The van der Waals surface area contributed by atoms with Crippen molar-refractivity contribution in [2.75, 3.05) is 0 Å². The predicted octanol–water partition coefficient (Wildman–Crippen LogP) is 3.83. The first-order chi connectivity index (χ1) is 16.3. The molecule has 1 aromatic carbocycles. The van der Waals surface area contributed by atoms with Gasteiger partial charge in [0.2, 0.25) is 5.88 Å². The van der Waals surface area contributed by atoms with Crippen molar-refractivity contribution in [2.45, 2.75) is 31.8 Å². The molecule has 4 aromatic heterocycles. The summed E-state index contributed by atoms with van der Waals surface area (Å²) in [5, 5.41) is 18.0. The second kappa shape index (κ2) is 8.09. The van der Waals surface area contributed by atoms with Crippen LogP contribution in [0, 0.1) is 0 Å². The van der Waals surface area contributed by atoms with Crippen LogP contribution in [0.15, 0.2) is 61.2 Å². The van der Waals surface area contributed by atoms with Crippen molar-refractivity contribution in [2.24, 2.45) is 7.05 Å². The zero-order valence-electron chi connectivity index (χ0n) is 18.2. The van der Waals surface area contributed by atoms with Crippen molar-refractivity contribution in [1.82, 2.24) is 39.6 Å². The van der Waals surface area contributed by atoms with Crippen molar-refractivity contribution >= 4 is 5.65 Å². The Hall–Kier alpha value is -4.14. The van der Waals surface area contributed by atoms with Crippen LogP contribution in [-0.4, -0.2) is 39.6 Å². The first-order valence-electron chi connectivity index (χ1n) is 11.0. The van der Waals surface area contributed by atoms with Gasteiger partial charge in [-0.15, -0.1) is 15.3 Å². The van der Waals surface area contributed by atoms with E-state index in [9.17, 15) is 0 Å². The summed E-state index contributed by atoms with van der Waals surface area (Å²) in [6, 6.07) is 14.1. The third kappa shape index (κ3) is 3.51. The Morgan fingerprint density at radius 2 is 1.85 bits per heavy atom. The molecule has 1 saturated carbocycles. The second-order valence-electron chi connectivity index (χ2n) is 8.20. The molecule has 6 rings (SSSR count). The van der Waals surface area contributed by atoms with Crippen LogP contribution in [0.3, 0.4) is 0 Å². The molecule has 5 aromatic rings. The molecule has 164 valence electrons. The van der Waals surface area contributed by atoms with Gasteiger partial charge in [-0.1, -0.05) is 30.7 Å². The number of fused-ring (bicyclic) bond motifs is 1. The molecular formula is C24H22N8O. The highest BCUT2D eigenvalue weighted by Gasteiger charge is 2.26. The number of hydrogen-bond acceptors (Lipinski definition) is 7. The number of pyridine rings is 1. The number of ether oxygens (including phenoxy) is 1. The maximum atomic E-state index is 6.18. The van der Waals surface area contributed by atoms with Crippen LogP contribution in [0.4, 0.5) is 0 Å². The Balaban J connectivity index is 1.45. The largest absolute Gasteiger partial charge is 0.468 e. The number of aromatic nitrogens is 8. The lowest BCUT2D eigenvalue weighted by molar-refractivity contribution is 0.264. The highest BCUT2D eigenvalue weighted by molar-refractivity contribution is 5.81. The van der Waals surface area contributed by atoms with E-state index < -0.39 is 0 Å². The van der Waals surface area contributed by atoms with Crippen LogP contribution in [0.2, 0.25) is 0 Å². The van der Waals surface area contributed by atoms with Crippen molar-refractivity contribution in [1.29, 1.82) is 0 Å². The summed E-state index contributed by atoms with van der Waals surface area (Å²) in [6.07, 6.45) is 8.57. The van der Waals surface area contributed by atoms with E-state index in [1.54, 1.807) is 21.6 Å². The maximum absolute atomic E-state index is 6.18. The van der Waals surface area contributed by atoms with Gasteiger partial charge in [0.25, 0.3) is 0 Å². The van der Waals surface area contributed by atoms with Crippen LogP contribution >= 0.6 is 0 Å². The summed E-state index contributed by atoms with van der Waals surface area (Å²) in [4.78, 5) is 8.40. The van der Waals surface area contributed by atoms with Crippen LogP contribution in [0.5, 0.6) is 5.88 Å². The minimum absolute atomic E-state index is 0.291. The summed E-state index contributed by atoms with van der Waals surface area (Å²) < 4.78 is 9.66. The van der Waals surface area contributed by atoms with Gasteiger partial charge in [0, 0.05) is 30.6 Å². The molecule has 9 nitrogen and oxygen atoms in total. The number of aryl methyl sites for hydroxylation is 1. The topological polar surface area (TPSA) is 95.9 Å². The second-order valence-corrected chi connectivity index (χ2v) is 8.20. The van der Waals surface area contributed by atoms with Gasteiger partial charge >= 0.3 is 0 Å². The van der Waals surface area contributed by atoms with Crippen molar-refractivity contribution < 1.29 is 4.74 Å². The molecule has 0 amide bonds. The predicted molar refractivity (Wildman–Crippen MR) is 121 cm³/mol. The third-order valence-electron chi connectivity index (χ3n) is 6.23. The Morgan fingerprint density at radius 3 is 2.58 bits per heavy atom. The molecule has 0 unspecified atom stereocenters. The van der Waals surface area contributed by atoms with E-state index in [4.69, 9.17) is 9.84 Å². The zero-order chi connectivity index (χ0) is 22.2. The Labute approximate surface area is 190 Å². The average molecular weight is 438 g/mol. The monoisotopic (exact) mass is 438 g/mol. The van der Waals surface area contributed by atoms with Gasteiger partial charge < -0.3 is 4.74 Å². The molecular weight excluding hydrogens is 416 g/mol. The van der Waals surface area contributed by atoms with Gasteiger partial charge in [-0.05, 0) is 48.1 Å². The van der Waals surface area contributed by atoms with E-state index in [1.165, 1.54) is 12.7 Å². The minimum atomic E-state index is 0.291. The van der Waals surface area contributed by atoms with Crippen LogP contribution in [0.1, 0.15) is 36.6 Å². The van der Waals surface area contributed by atoms with Crippen molar-refractivity contribution in [3.05, 3.63) is 72.6 Å². The third-order valence-corrected chi connectivity index (χ3v) is 6.23. The van der Waals surface area contributed by atoms with Crippen molar-refractivity contribution in [3.8, 4) is 28.4 Å². The summed E-state index contributed by atoms with van der Waals surface area (Å²) in [6.45, 7) is 0.291. The van der Waals surface area contributed by atoms with E-state index in [1.807, 2.05) is 37.4 Å². The molecule has 0 atom stereocenters. The molecule has 4 heterocycles. The summed E-state index contributed by atoms with van der Waals surface area (Å²) in [5.74, 6) is 2.43. The normalized spacial score (nSPS) is 13.8. The molecule has 1 aliphatic carbocycles. The molecule has 0 N–H and O–H groups in total. The Kier molecular flexibility index (Phi) is 4.79. The van der Waals surface area contributed by atoms with Gasteiger partial charge in [-0.2, -0.15) is 9.61 Å². The zero-order valence-corrected chi connectivity index (χ0v) is 18.2. The molecule has 9 heteroatoms. The van der Waals surface area contributed by atoms with Gasteiger partial charge in [0.05, 0.1) is 0 Å². The van der Waals surface area contributed by atoms with E-state index in [-0.39, 0.29) is 0 Å². The fraction of sp³-hybridized carbons (Fsp3) is 0.250. The lowest BCUT2D eigenvalue weighted by atomic mass is 9.80. The number of rotatable bonds is 6. The van der Waals surface area contributed by atoms with Gasteiger partial charge in [-0.25, -0.2) is 4.98 Å². The number of benzene rings is 1. The molecule has 0 saturated heterocycles. The van der Waals surface area contributed by atoms with E-state index in [2.05, 4.69) is 37.4 Å². The highest BCUT2D eigenvalue weighted by Crippen LogP contribution is 2.41. The van der Waals surface area contributed by atoms with Gasteiger partial charge in [-0.3, -0.25) is 9.67 Å². The fourth-order valence-electron chi connectivity index (χ4n) is 4.17. The quantitative estimate of drug-likeness (QED) is 0.397. The minimum Gasteiger partial charge on any atom is -0.468 e. The molecule has 0 radical (unpaired) electrons. The van der Waals surface area contributed by atoms with Crippen molar-refractivity contribution in [3.63, 3.8) is 0 Å². The molecule has 0 spiro atoms. The van der Waals surface area contributed by atoms with E-state index in [0.29, 0.717) is 29.9 Å². The van der Waals surface area contributed by atoms with Crippen LogP contribution < -0.4 is 4.74 Å². The fourth-order valence-corrected chi connectivity index (χ4v) is 4.17. The Morgan fingerprint density at radius 1 is 1.03 bits per heavy atom. The van der Waals surface area contributed by atoms with Crippen LogP contribution in [-0.2, 0) is 13.7 Å². The summed E-state index contributed by atoms with van der Waals surface area (Å²) in [7, 11) is 1.85. The summed E-state index contributed by atoms with van der Waals surface area (Å²) >= 11 is 0. The molecule has 33 heavy (non-hydrogen) atoms. The lowest BCUT2D eigenvalue weighted by Gasteiger charge is -2.26. The number of nitrogens with zero attached hydrogens (tertiary/aromatic N) is 8. The molecule has 0 bridgehead atoms. The Bertz CT molecular complexity index is 1420. The van der Waals surface area contributed by atoms with Crippen LogP contribution in [0.25, 0.3) is 28.2 Å². The SMILES string of the molecule is Cn1ncnc1COc1nn2c(-c3ccccc3-c3ccncc3)nnc2cc1C1CCC1. The number of hydrogen-bond donors (Lipinski definition) is 0. The standard InChI is InChI=1S/C24H22N8O/c1-31-22(26-15-27-31)14-33-24-20(16-5-4-6-16)13-21-28-29-23(32(21)30-24)19-8-3-2-7-18(19)17-9-11-25-12-10-17/h2-3,7-13,15-16H,4-6,14H2,1H3. The molecule has 1 aliphatic rings. The van der Waals surface area contributed by atoms with E-state index in [0.717, 1.165) is 40.9 Å². The lowest BCUT2D eigenvalue weighted by Crippen LogP contribution is -2.14. The van der Waals surface area contributed by atoms with Gasteiger partial charge in [0.1, 0.15) is 12.9 Å². The van der Waals surface area contributed by atoms with E-state index >= 15 is 0 Å². The van der Waals surface area contributed by atoms with Gasteiger partial charge in [0.15, 0.2) is 17.3 Å². The molecule has 1 fully saturated rings. The highest BCUT2D eigenvalue weighted by atomic mass is 16.5. The maximum Gasteiger partial charge on any atom is 0.235 e.